The second-order valence-electron chi connectivity index (χ2n) is 4.17. The minimum absolute atomic E-state index is 0.981. The smallest absolute Gasteiger partial charge is 0.197 e. The van der Waals surface area contributed by atoms with E-state index >= 15 is 0 Å². The fourth-order valence-corrected chi connectivity index (χ4v) is 2.01. The van der Waals surface area contributed by atoms with Crippen molar-refractivity contribution < 1.29 is 0 Å². The minimum atomic E-state index is 0.981. The normalized spacial score (nSPS) is 16.8. The molecule has 0 unspecified atom stereocenters. The highest BCUT2D eigenvalue weighted by molar-refractivity contribution is 5.82. The summed E-state index contributed by atoms with van der Waals surface area (Å²) < 4.78 is 0. The zero-order chi connectivity index (χ0) is 12.5. The molecule has 0 atom stereocenters. The maximum atomic E-state index is 4.41. The van der Waals surface area contributed by atoms with Gasteiger partial charge in [0, 0.05) is 33.2 Å². The Morgan fingerprint density at radius 3 is 1.76 bits per heavy atom. The highest BCUT2D eigenvalue weighted by Crippen LogP contribution is 2.08. The lowest BCUT2D eigenvalue weighted by Gasteiger charge is -2.20. The average molecular weight is 235 g/mol. The molecular weight excluding hydrogens is 210 g/mol. The third-order valence-corrected chi connectivity index (χ3v) is 2.86. The van der Waals surface area contributed by atoms with Gasteiger partial charge in [-0.25, -0.2) is 0 Å². The van der Waals surface area contributed by atoms with E-state index in [9.17, 15) is 0 Å². The average Bonchev–Trinajstić information content (AvgIpc) is 2.72. The summed E-state index contributed by atoms with van der Waals surface area (Å²) >= 11 is 0. The third kappa shape index (κ3) is 4.25. The predicted octanol–water partition coefficient (Wildman–Crippen LogP) is 2.52. The Balaban J connectivity index is 2.49. The van der Waals surface area contributed by atoms with Gasteiger partial charge in [0.2, 0.25) is 0 Å². The van der Waals surface area contributed by atoms with Gasteiger partial charge in [0.05, 0.1) is 0 Å². The molecule has 0 bridgehead atoms. The molecule has 0 aliphatic carbocycles. The van der Waals surface area contributed by atoms with Crippen LogP contribution < -0.4 is 0 Å². The summed E-state index contributed by atoms with van der Waals surface area (Å²) in [5.74, 6) is 1.13. The maximum Gasteiger partial charge on any atom is 0.197 e. The van der Waals surface area contributed by atoms with Crippen molar-refractivity contribution in [3.63, 3.8) is 0 Å². The van der Waals surface area contributed by atoms with Crippen LogP contribution in [0.25, 0.3) is 0 Å². The molecule has 1 aliphatic rings. The van der Waals surface area contributed by atoms with E-state index in [0.29, 0.717) is 0 Å². The van der Waals surface area contributed by atoms with Crippen molar-refractivity contribution in [2.24, 2.45) is 4.99 Å². The van der Waals surface area contributed by atoms with Gasteiger partial charge < -0.3 is 9.80 Å². The molecule has 0 saturated carbocycles. The second-order valence-corrected chi connectivity index (χ2v) is 4.17. The van der Waals surface area contributed by atoms with Crippen LogP contribution in [0.2, 0.25) is 0 Å². The van der Waals surface area contributed by atoms with Gasteiger partial charge in [0.15, 0.2) is 5.96 Å². The predicted molar refractivity (Wildman–Crippen MR) is 75.4 cm³/mol. The molecule has 96 valence electrons. The van der Waals surface area contributed by atoms with Crippen LogP contribution in [0.4, 0.5) is 0 Å². The Morgan fingerprint density at radius 1 is 0.941 bits per heavy atom. The number of allylic oxidation sites excluding steroid dienone is 2. The molecule has 1 saturated heterocycles. The highest BCUT2D eigenvalue weighted by atomic mass is 15.4. The van der Waals surface area contributed by atoms with E-state index in [0.717, 1.165) is 45.0 Å². The van der Waals surface area contributed by atoms with Crippen molar-refractivity contribution in [2.45, 2.75) is 26.7 Å². The molecule has 1 fully saturated rings. The van der Waals surface area contributed by atoms with Crippen LogP contribution in [0.5, 0.6) is 0 Å². The fraction of sp³-hybridized carbons (Fsp3) is 0.643. The first kappa shape index (κ1) is 13.8. The lowest BCUT2D eigenvalue weighted by molar-refractivity contribution is 0.508. The Labute approximate surface area is 106 Å². The van der Waals surface area contributed by atoms with Gasteiger partial charge in [0.1, 0.15) is 0 Å². The molecule has 0 aromatic heterocycles. The Bertz CT molecular complexity index is 266. The molecule has 17 heavy (non-hydrogen) atoms. The number of guanidine groups is 1. The summed E-state index contributed by atoms with van der Waals surface area (Å²) in [5, 5.41) is 0. The van der Waals surface area contributed by atoms with Gasteiger partial charge in [-0.3, -0.25) is 4.99 Å². The summed E-state index contributed by atoms with van der Waals surface area (Å²) in [6, 6.07) is 0. The topological polar surface area (TPSA) is 18.8 Å². The molecule has 0 N–H and O–H groups in total. The van der Waals surface area contributed by atoms with Crippen molar-refractivity contribution in [1.29, 1.82) is 0 Å². The zero-order valence-electron chi connectivity index (χ0n) is 11.4. The molecule has 0 aromatic carbocycles. The van der Waals surface area contributed by atoms with E-state index in [1.807, 2.05) is 7.05 Å². The SMILES string of the molecule is CC/C=C/CN1CCN(C/C=C/CC)C1=NC. The maximum absolute atomic E-state index is 4.41. The van der Waals surface area contributed by atoms with Crippen LogP contribution in [0, 0.1) is 0 Å². The second kappa shape index (κ2) is 7.93. The zero-order valence-corrected chi connectivity index (χ0v) is 11.4. The summed E-state index contributed by atoms with van der Waals surface area (Å²) in [7, 11) is 1.88. The lowest BCUT2D eigenvalue weighted by Crippen LogP contribution is -2.33. The van der Waals surface area contributed by atoms with E-state index in [1.165, 1.54) is 0 Å². The standard InChI is InChI=1S/C14H25N3/c1-4-6-8-10-16-12-13-17(14(16)15-3)11-9-7-5-2/h6-9H,4-5,10-13H2,1-3H3/b8-6+,9-7+. The van der Waals surface area contributed by atoms with Crippen molar-refractivity contribution >= 4 is 5.96 Å². The van der Waals surface area contributed by atoms with Crippen molar-refractivity contribution in [2.75, 3.05) is 33.2 Å². The van der Waals surface area contributed by atoms with E-state index in [1.54, 1.807) is 0 Å². The van der Waals surface area contributed by atoms with E-state index in [-0.39, 0.29) is 0 Å². The van der Waals surface area contributed by atoms with Crippen LogP contribution in [0.1, 0.15) is 26.7 Å². The van der Waals surface area contributed by atoms with Gasteiger partial charge in [-0.2, -0.15) is 0 Å². The Kier molecular flexibility index (Phi) is 6.45. The van der Waals surface area contributed by atoms with Crippen LogP contribution >= 0.6 is 0 Å². The van der Waals surface area contributed by atoms with Gasteiger partial charge in [-0.1, -0.05) is 38.2 Å². The Morgan fingerprint density at radius 2 is 1.41 bits per heavy atom. The number of nitrogens with zero attached hydrogens (tertiary/aromatic N) is 3. The Hall–Kier alpha value is -1.25. The number of rotatable bonds is 6. The van der Waals surface area contributed by atoms with Crippen molar-refractivity contribution in [3.05, 3.63) is 24.3 Å². The molecule has 0 amide bonds. The van der Waals surface area contributed by atoms with Crippen LogP contribution in [0.3, 0.4) is 0 Å². The quantitative estimate of drug-likeness (QED) is 0.659. The van der Waals surface area contributed by atoms with Crippen LogP contribution in [0.15, 0.2) is 29.3 Å². The molecular formula is C14H25N3. The first-order chi connectivity index (χ1) is 8.33. The lowest BCUT2D eigenvalue weighted by atomic mass is 10.4. The highest BCUT2D eigenvalue weighted by Gasteiger charge is 2.23. The molecule has 0 radical (unpaired) electrons. The third-order valence-electron chi connectivity index (χ3n) is 2.86. The fourth-order valence-electron chi connectivity index (χ4n) is 2.01. The number of hydrogen-bond donors (Lipinski definition) is 0. The molecule has 3 heteroatoms. The van der Waals surface area contributed by atoms with E-state index in [4.69, 9.17) is 0 Å². The van der Waals surface area contributed by atoms with Crippen LogP contribution in [-0.2, 0) is 0 Å². The molecule has 1 heterocycles. The van der Waals surface area contributed by atoms with Gasteiger partial charge in [-0.05, 0) is 12.8 Å². The number of aliphatic imine (C=N–C) groups is 1. The summed E-state index contributed by atoms with van der Waals surface area (Å²) in [6.45, 7) is 8.46. The minimum Gasteiger partial charge on any atom is -0.337 e. The largest absolute Gasteiger partial charge is 0.337 e. The van der Waals surface area contributed by atoms with Crippen LogP contribution in [-0.4, -0.2) is 49.0 Å². The van der Waals surface area contributed by atoms with Gasteiger partial charge >= 0.3 is 0 Å². The molecule has 1 rings (SSSR count). The van der Waals surface area contributed by atoms with E-state index < -0.39 is 0 Å². The van der Waals surface area contributed by atoms with E-state index in [2.05, 4.69) is 52.9 Å². The van der Waals surface area contributed by atoms with Crippen molar-refractivity contribution in [1.82, 2.24) is 9.80 Å². The summed E-state index contributed by atoms with van der Waals surface area (Å²) in [4.78, 5) is 9.09. The summed E-state index contributed by atoms with van der Waals surface area (Å²) in [5.41, 5.74) is 0. The monoisotopic (exact) mass is 235 g/mol. The molecule has 1 aliphatic heterocycles. The number of hydrogen-bond acceptors (Lipinski definition) is 1. The summed E-state index contributed by atoms with van der Waals surface area (Å²) in [6.07, 6.45) is 11.1. The van der Waals surface area contributed by atoms with Gasteiger partial charge in [0.25, 0.3) is 0 Å². The first-order valence-corrected chi connectivity index (χ1v) is 6.60. The molecule has 0 spiro atoms. The molecule has 0 aromatic rings. The van der Waals surface area contributed by atoms with Crippen molar-refractivity contribution in [3.8, 4) is 0 Å². The molecule has 3 nitrogen and oxygen atoms in total. The van der Waals surface area contributed by atoms with Gasteiger partial charge in [-0.15, -0.1) is 0 Å². The first-order valence-electron chi connectivity index (χ1n) is 6.60.